The Morgan fingerprint density at radius 3 is 2.33 bits per heavy atom. The van der Waals surface area contributed by atoms with Crippen LogP contribution in [0.3, 0.4) is 0 Å². The van der Waals surface area contributed by atoms with Crippen LogP contribution in [0, 0.1) is 13.8 Å². The van der Waals surface area contributed by atoms with E-state index in [4.69, 9.17) is 0 Å². The van der Waals surface area contributed by atoms with Crippen molar-refractivity contribution in [3.05, 3.63) is 51.7 Å². The Labute approximate surface area is 111 Å². The molecule has 0 amide bonds. The van der Waals surface area contributed by atoms with Gasteiger partial charge in [-0.2, -0.15) is 12.8 Å². The molecule has 0 spiro atoms. The molecule has 1 aromatic carbocycles. The maximum absolute atomic E-state index is 12.0. The number of hydrogen-bond acceptors (Lipinski definition) is 3. The molecule has 0 saturated heterocycles. The third-order valence-corrected chi connectivity index (χ3v) is 4.73. The molecule has 0 bridgehead atoms. The van der Waals surface area contributed by atoms with E-state index in [1.807, 2.05) is 25.3 Å². The second-order valence-electron chi connectivity index (χ2n) is 3.99. The molecule has 18 heavy (non-hydrogen) atoms. The summed E-state index contributed by atoms with van der Waals surface area (Å²) in [6.07, 6.45) is 1.41. The normalized spacial score (nSPS) is 12.1. The molecule has 1 heterocycles. The van der Waals surface area contributed by atoms with Crippen LogP contribution in [0.4, 0.5) is 0 Å². The molecule has 0 N–H and O–H groups in total. The minimum absolute atomic E-state index is 0.221. The molecule has 0 aliphatic carbocycles. The average Bonchev–Trinajstić information content (AvgIpc) is 2.73. The fourth-order valence-electron chi connectivity index (χ4n) is 1.41. The second-order valence-corrected chi connectivity index (χ2v) is 6.57. The summed E-state index contributed by atoms with van der Waals surface area (Å²) in [5.74, 6) is 0. The Morgan fingerprint density at radius 2 is 1.78 bits per heavy atom. The van der Waals surface area contributed by atoms with Gasteiger partial charge in [-0.3, -0.25) is 0 Å². The Balaban J connectivity index is 2.30. The summed E-state index contributed by atoms with van der Waals surface area (Å²) < 4.78 is 27.6. The first-order valence-corrected chi connectivity index (χ1v) is 7.72. The largest absolute Gasteiger partial charge is 0.282 e. The van der Waals surface area contributed by atoms with Gasteiger partial charge in [0.2, 0.25) is 0 Å². The number of hydrogen-bond donors (Lipinski definition) is 0. The molecular weight excluding hydrogens is 266 g/mol. The number of rotatable bonds is 3. The van der Waals surface area contributed by atoms with E-state index in [9.17, 15) is 8.42 Å². The number of thiophene rings is 1. The maximum Gasteiger partial charge on any atom is 0.282 e. The molecule has 0 saturated carbocycles. The van der Waals surface area contributed by atoms with Crippen LogP contribution in [0.15, 0.2) is 45.0 Å². The van der Waals surface area contributed by atoms with Gasteiger partial charge in [-0.25, -0.2) is 0 Å². The Hall–Kier alpha value is -1.46. The zero-order chi connectivity index (χ0) is 13.2. The standard InChI is InChI=1S/C13H13NO2S2/c1-10-3-5-12(6-4-10)18(15,16)14-9-13-11(2)7-8-17-13/h3-9H,1-2H3/b14-9-. The fraction of sp³-hybridized carbons (Fsp3) is 0.154. The van der Waals surface area contributed by atoms with E-state index < -0.39 is 10.0 Å². The van der Waals surface area contributed by atoms with Gasteiger partial charge in [0.25, 0.3) is 10.0 Å². The van der Waals surface area contributed by atoms with E-state index in [0.717, 1.165) is 16.0 Å². The van der Waals surface area contributed by atoms with E-state index in [-0.39, 0.29) is 4.90 Å². The third kappa shape index (κ3) is 2.86. The molecule has 0 aliphatic heterocycles. The lowest BCUT2D eigenvalue weighted by molar-refractivity contribution is 0.598. The van der Waals surface area contributed by atoms with Gasteiger partial charge in [-0.1, -0.05) is 17.7 Å². The minimum Gasteiger partial charge on any atom is -0.199 e. The van der Waals surface area contributed by atoms with Crippen LogP contribution in [0.2, 0.25) is 0 Å². The van der Waals surface area contributed by atoms with E-state index >= 15 is 0 Å². The monoisotopic (exact) mass is 279 g/mol. The number of benzene rings is 1. The van der Waals surface area contributed by atoms with Crippen molar-refractivity contribution in [1.29, 1.82) is 0 Å². The molecule has 0 unspecified atom stereocenters. The summed E-state index contributed by atoms with van der Waals surface area (Å²) in [4.78, 5) is 1.09. The van der Waals surface area contributed by atoms with E-state index in [1.165, 1.54) is 17.6 Å². The van der Waals surface area contributed by atoms with Crippen LogP contribution in [-0.4, -0.2) is 14.6 Å². The van der Waals surface area contributed by atoms with Crippen molar-refractivity contribution in [2.45, 2.75) is 18.7 Å². The lowest BCUT2D eigenvalue weighted by Gasteiger charge is -1.98. The topological polar surface area (TPSA) is 46.5 Å². The zero-order valence-electron chi connectivity index (χ0n) is 10.1. The first kappa shape index (κ1) is 13.0. The summed E-state index contributed by atoms with van der Waals surface area (Å²) in [6, 6.07) is 8.61. The third-order valence-electron chi connectivity index (χ3n) is 2.53. The summed E-state index contributed by atoms with van der Waals surface area (Å²) >= 11 is 1.47. The molecule has 0 aliphatic rings. The average molecular weight is 279 g/mol. The van der Waals surface area contributed by atoms with Crippen LogP contribution in [0.1, 0.15) is 16.0 Å². The highest BCUT2D eigenvalue weighted by Gasteiger charge is 2.11. The highest BCUT2D eigenvalue weighted by atomic mass is 32.2. The summed E-state index contributed by atoms with van der Waals surface area (Å²) in [6.45, 7) is 3.84. The lowest BCUT2D eigenvalue weighted by atomic mass is 10.2. The van der Waals surface area contributed by atoms with Gasteiger partial charge >= 0.3 is 0 Å². The number of aryl methyl sites for hydroxylation is 2. The van der Waals surface area contributed by atoms with Crippen molar-refractivity contribution in [2.75, 3.05) is 0 Å². The zero-order valence-corrected chi connectivity index (χ0v) is 11.8. The van der Waals surface area contributed by atoms with Gasteiger partial charge in [0.05, 0.1) is 11.1 Å². The molecule has 3 nitrogen and oxygen atoms in total. The number of sulfonamides is 1. The van der Waals surface area contributed by atoms with Crippen molar-refractivity contribution in [1.82, 2.24) is 0 Å². The van der Waals surface area contributed by atoms with Crippen LogP contribution >= 0.6 is 11.3 Å². The number of nitrogens with zero attached hydrogens (tertiary/aromatic N) is 1. The van der Waals surface area contributed by atoms with Crippen molar-refractivity contribution in [3.63, 3.8) is 0 Å². The van der Waals surface area contributed by atoms with Crippen LogP contribution in [0.5, 0.6) is 0 Å². The summed E-state index contributed by atoms with van der Waals surface area (Å²) in [5, 5.41) is 1.91. The Morgan fingerprint density at radius 1 is 1.11 bits per heavy atom. The molecule has 0 atom stereocenters. The first-order chi connectivity index (χ1) is 8.49. The highest BCUT2D eigenvalue weighted by Crippen LogP contribution is 2.16. The predicted molar refractivity (Wildman–Crippen MR) is 75.0 cm³/mol. The molecule has 2 aromatic rings. The van der Waals surface area contributed by atoms with Gasteiger partial charge in [0, 0.05) is 4.88 Å². The molecule has 5 heteroatoms. The summed E-state index contributed by atoms with van der Waals surface area (Å²) in [5.41, 5.74) is 2.05. The van der Waals surface area contributed by atoms with Crippen molar-refractivity contribution < 1.29 is 8.42 Å². The maximum atomic E-state index is 12.0. The van der Waals surface area contributed by atoms with Crippen molar-refractivity contribution in [2.24, 2.45) is 4.40 Å². The Bertz CT molecular complexity index is 667. The molecule has 0 fully saturated rings. The summed E-state index contributed by atoms with van der Waals surface area (Å²) in [7, 11) is -3.59. The van der Waals surface area contributed by atoms with E-state index in [1.54, 1.807) is 24.3 Å². The van der Waals surface area contributed by atoms with Gasteiger partial charge in [-0.05, 0) is 43.0 Å². The van der Waals surface area contributed by atoms with E-state index in [0.29, 0.717) is 0 Å². The fourth-order valence-corrected chi connectivity index (χ4v) is 3.10. The molecule has 94 valence electrons. The van der Waals surface area contributed by atoms with Gasteiger partial charge in [-0.15, -0.1) is 11.3 Å². The first-order valence-electron chi connectivity index (χ1n) is 5.40. The van der Waals surface area contributed by atoms with Gasteiger partial charge in [0.1, 0.15) is 0 Å². The Kier molecular flexibility index (Phi) is 3.63. The van der Waals surface area contributed by atoms with E-state index in [2.05, 4.69) is 4.40 Å². The second kappa shape index (κ2) is 5.04. The lowest BCUT2D eigenvalue weighted by Crippen LogP contribution is -1.97. The molecular formula is C13H13NO2S2. The smallest absolute Gasteiger partial charge is 0.199 e. The van der Waals surface area contributed by atoms with Gasteiger partial charge in [0.15, 0.2) is 0 Å². The quantitative estimate of drug-likeness (QED) is 0.810. The van der Waals surface area contributed by atoms with Gasteiger partial charge < -0.3 is 0 Å². The molecule has 2 rings (SSSR count). The molecule has 0 radical (unpaired) electrons. The molecule has 1 aromatic heterocycles. The van der Waals surface area contributed by atoms with Crippen LogP contribution in [0.25, 0.3) is 0 Å². The van der Waals surface area contributed by atoms with Crippen LogP contribution in [-0.2, 0) is 10.0 Å². The highest BCUT2D eigenvalue weighted by molar-refractivity contribution is 7.90. The SMILES string of the molecule is Cc1ccc(S(=O)(=O)/N=C\c2sccc2C)cc1. The van der Waals surface area contributed by atoms with Crippen LogP contribution < -0.4 is 0 Å². The van der Waals surface area contributed by atoms with Crippen molar-refractivity contribution in [3.8, 4) is 0 Å². The predicted octanol–water partition coefficient (Wildman–Crippen LogP) is 3.17. The van der Waals surface area contributed by atoms with Crippen molar-refractivity contribution >= 4 is 27.6 Å². The minimum atomic E-state index is -3.59.